The third kappa shape index (κ3) is 3.56. The van der Waals surface area contributed by atoms with E-state index in [9.17, 15) is 4.79 Å². The van der Waals surface area contributed by atoms with Gasteiger partial charge in [0.2, 0.25) is 0 Å². The highest BCUT2D eigenvalue weighted by Gasteiger charge is 2.16. The normalized spacial score (nSPS) is 12.0. The number of benzene rings is 2. The molecule has 1 N–H and O–H groups in total. The molecule has 2 aromatic rings. The van der Waals surface area contributed by atoms with Crippen molar-refractivity contribution in [2.75, 3.05) is 0 Å². The number of carbonyl (C=O) groups is 1. The molecular formula is C20H25NO. The smallest absolute Gasteiger partial charge is 0.251 e. The molecule has 2 rings (SSSR count). The highest BCUT2D eigenvalue weighted by Crippen LogP contribution is 2.22. The molecule has 0 radical (unpaired) electrons. The van der Waals surface area contributed by atoms with Crippen LogP contribution in [0.15, 0.2) is 36.4 Å². The van der Waals surface area contributed by atoms with Crippen LogP contribution in [-0.2, 0) is 0 Å². The standard InChI is InChI=1S/C20H25NO/c1-6-19(18-10-7-13(2)11-16(18)5)21-20(22)17-9-8-14(3)15(4)12-17/h7-12,19H,6H2,1-5H3,(H,21,22)/t19-/m0/s1. The highest BCUT2D eigenvalue weighted by atomic mass is 16.1. The minimum atomic E-state index is -0.00470. The van der Waals surface area contributed by atoms with Crippen molar-refractivity contribution in [1.29, 1.82) is 0 Å². The molecule has 0 saturated heterocycles. The maximum atomic E-state index is 12.5. The van der Waals surface area contributed by atoms with Crippen LogP contribution in [0.25, 0.3) is 0 Å². The average molecular weight is 295 g/mol. The van der Waals surface area contributed by atoms with Gasteiger partial charge in [0.05, 0.1) is 6.04 Å². The van der Waals surface area contributed by atoms with Gasteiger partial charge in [0.25, 0.3) is 5.91 Å². The van der Waals surface area contributed by atoms with Gasteiger partial charge in [0, 0.05) is 5.56 Å². The summed E-state index contributed by atoms with van der Waals surface area (Å²) in [6.45, 7) is 10.4. The van der Waals surface area contributed by atoms with Crippen molar-refractivity contribution < 1.29 is 4.79 Å². The lowest BCUT2D eigenvalue weighted by molar-refractivity contribution is 0.0935. The third-order valence-corrected chi connectivity index (χ3v) is 4.28. The van der Waals surface area contributed by atoms with Crippen LogP contribution in [0.1, 0.15) is 57.6 Å². The molecule has 0 fully saturated rings. The Morgan fingerprint density at radius 2 is 1.68 bits per heavy atom. The minimum absolute atomic E-state index is 0.00470. The molecule has 0 aliphatic carbocycles. The van der Waals surface area contributed by atoms with Gasteiger partial charge in [-0.1, -0.05) is 36.8 Å². The fraction of sp³-hybridized carbons (Fsp3) is 0.350. The van der Waals surface area contributed by atoms with Crippen molar-refractivity contribution >= 4 is 5.91 Å². The maximum absolute atomic E-state index is 12.5. The van der Waals surface area contributed by atoms with Crippen molar-refractivity contribution in [3.05, 3.63) is 69.8 Å². The summed E-state index contributed by atoms with van der Waals surface area (Å²) < 4.78 is 0. The summed E-state index contributed by atoms with van der Waals surface area (Å²) in [5.41, 5.74) is 6.76. The van der Waals surface area contributed by atoms with Gasteiger partial charge in [-0.3, -0.25) is 4.79 Å². The van der Waals surface area contributed by atoms with Crippen molar-refractivity contribution in [2.24, 2.45) is 0 Å². The molecule has 1 atom stereocenters. The molecule has 0 aliphatic heterocycles. The van der Waals surface area contributed by atoms with Crippen LogP contribution in [0, 0.1) is 27.7 Å². The van der Waals surface area contributed by atoms with Crippen LogP contribution in [0.3, 0.4) is 0 Å². The van der Waals surface area contributed by atoms with Crippen LogP contribution in [-0.4, -0.2) is 5.91 Å². The molecule has 22 heavy (non-hydrogen) atoms. The van der Waals surface area contributed by atoms with Gasteiger partial charge in [-0.05, 0) is 68.5 Å². The van der Waals surface area contributed by atoms with Gasteiger partial charge in [-0.25, -0.2) is 0 Å². The van der Waals surface area contributed by atoms with Crippen molar-refractivity contribution in [3.63, 3.8) is 0 Å². The first-order valence-corrected chi connectivity index (χ1v) is 7.87. The average Bonchev–Trinajstić information content (AvgIpc) is 2.48. The summed E-state index contributed by atoms with van der Waals surface area (Å²) >= 11 is 0. The molecule has 0 unspecified atom stereocenters. The Hall–Kier alpha value is -2.09. The molecule has 0 saturated carbocycles. The molecule has 116 valence electrons. The van der Waals surface area contributed by atoms with Gasteiger partial charge in [-0.2, -0.15) is 0 Å². The van der Waals surface area contributed by atoms with E-state index < -0.39 is 0 Å². The van der Waals surface area contributed by atoms with E-state index in [4.69, 9.17) is 0 Å². The largest absolute Gasteiger partial charge is 0.345 e. The van der Waals surface area contributed by atoms with Crippen LogP contribution < -0.4 is 5.32 Å². The lowest BCUT2D eigenvalue weighted by Gasteiger charge is -2.20. The Morgan fingerprint density at radius 3 is 2.27 bits per heavy atom. The first-order chi connectivity index (χ1) is 10.4. The van der Waals surface area contributed by atoms with Crippen LogP contribution in [0.4, 0.5) is 0 Å². The van der Waals surface area contributed by atoms with E-state index in [0.29, 0.717) is 0 Å². The topological polar surface area (TPSA) is 29.1 Å². The number of amides is 1. The Kier molecular flexibility index (Phi) is 5.02. The highest BCUT2D eigenvalue weighted by molar-refractivity contribution is 5.94. The second kappa shape index (κ2) is 6.78. The number of rotatable bonds is 4. The summed E-state index contributed by atoms with van der Waals surface area (Å²) in [5, 5.41) is 3.17. The number of hydrogen-bond donors (Lipinski definition) is 1. The Bertz CT molecular complexity index is 688. The second-order valence-corrected chi connectivity index (χ2v) is 6.09. The van der Waals surface area contributed by atoms with Gasteiger partial charge < -0.3 is 5.32 Å². The molecule has 2 heteroatoms. The molecule has 0 spiro atoms. The Balaban J connectivity index is 2.22. The first kappa shape index (κ1) is 16.3. The van der Waals surface area contributed by atoms with Gasteiger partial charge in [0.15, 0.2) is 0 Å². The molecule has 2 nitrogen and oxygen atoms in total. The fourth-order valence-corrected chi connectivity index (χ4v) is 2.74. The summed E-state index contributed by atoms with van der Waals surface area (Å²) in [6.07, 6.45) is 0.875. The SMILES string of the molecule is CC[C@H](NC(=O)c1ccc(C)c(C)c1)c1ccc(C)cc1C. The summed E-state index contributed by atoms with van der Waals surface area (Å²) in [5.74, 6) is -0.00470. The van der Waals surface area contributed by atoms with Crippen LogP contribution >= 0.6 is 0 Å². The summed E-state index contributed by atoms with van der Waals surface area (Å²) in [7, 11) is 0. The quantitative estimate of drug-likeness (QED) is 0.862. The zero-order chi connectivity index (χ0) is 16.3. The van der Waals surface area contributed by atoms with E-state index in [-0.39, 0.29) is 11.9 Å². The van der Waals surface area contributed by atoms with Crippen molar-refractivity contribution in [1.82, 2.24) is 5.32 Å². The van der Waals surface area contributed by atoms with E-state index in [0.717, 1.165) is 17.5 Å². The number of nitrogens with one attached hydrogen (secondary N) is 1. The molecule has 0 heterocycles. The zero-order valence-corrected chi connectivity index (χ0v) is 14.2. The van der Waals surface area contributed by atoms with Crippen molar-refractivity contribution in [2.45, 2.75) is 47.1 Å². The van der Waals surface area contributed by atoms with Gasteiger partial charge >= 0.3 is 0 Å². The number of aryl methyl sites for hydroxylation is 4. The second-order valence-electron chi connectivity index (χ2n) is 6.09. The minimum Gasteiger partial charge on any atom is -0.345 e. The molecular weight excluding hydrogens is 270 g/mol. The third-order valence-electron chi connectivity index (χ3n) is 4.28. The van der Waals surface area contributed by atoms with E-state index in [1.807, 2.05) is 25.1 Å². The van der Waals surface area contributed by atoms with Crippen LogP contribution in [0.2, 0.25) is 0 Å². The van der Waals surface area contributed by atoms with Crippen LogP contribution in [0.5, 0.6) is 0 Å². The molecule has 2 aromatic carbocycles. The van der Waals surface area contributed by atoms with E-state index >= 15 is 0 Å². The van der Waals surface area contributed by atoms with E-state index in [1.165, 1.54) is 22.3 Å². The predicted molar refractivity (Wildman–Crippen MR) is 92.3 cm³/mol. The Labute approximate surface area is 133 Å². The maximum Gasteiger partial charge on any atom is 0.251 e. The molecule has 0 aromatic heterocycles. The first-order valence-electron chi connectivity index (χ1n) is 7.87. The lowest BCUT2D eigenvalue weighted by Crippen LogP contribution is -2.28. The fourth-order valence-electron chi connectivity index (χ4n) is 2.74. The van der Waals surface area contributed by atoms with Crippen molar-refractivity contribution in [3.8, 4) is 0 Å². The molecule has 0 bridgehead atoms. The predicted octanol–water partition coefficient (Wildman–Crippen LogP) is 4.80. The van der Waals surface area contributed by atoms with Gasteiger partial charge in [0.1, 0.15) is 0 Å². The summed E-state index contributed by atoms with van der Waals surface area (Å²) in [4.78, 5) is 12.5. The molecule has 1 amide bonds. The van der Waals surface area contributed by atoms with E-state index in [2.05, 4.69) is 51.2 Å². The number of carbonyl (C=O) groups excluding carboxylic acids is 1. The lowest BCUT2D eigenvalue weighted by atomic mass is 9.97. The molecule has 0 aliphatic rings. The zero-order valence-electron chi connectivity index (χ0n) is 14.2. The van der Waals surface area contributed by atoms with Gasteiger partial charge in [-0.15, -0.1) is 0 Å². The summed E-state index contributed by atoms with van der Waals surface area (Å²) in [6, 6.07) is 12.3. The Morgan fingerprint density at radius 1 is 0.955 bits per heavy atom. The van der Waals surface area contributed by atoms with E-state index in [1.54, 1.807) is 0 Å². The monoisotopic (exact) mass is 295 g/mol. The number of hydrogen-bond acceptors (Lipinski definition) is 1.